The number of thioether (sulfide) groups is 1. The van der Waals surface area contributed by atoms with Crippen molar-refractivity contribution in [2.45, 2.75) is 4.90 Å². The van der Waals surface area contributed by atoms with Gasteiger partial charge in [0, 0.05) is 23.4 Å². The van der Waals surface area contributed by atoms with Crippen LogP contribution < -0.4 is 5.73 Å². The first-order chi connectivity index (χ1) is 5.83. The van der Waals surface area contributed by atoms with E-state index >= 15 is 0 Å². The second kappa shape index (κ2) is 5.06. The zero-order valence-electron chi connectivity index (χ0n) is 7.12. The molecule has 0 saturated carbocycles. The van der Waals surface area contributed by atoms with Crippen molar-refractivity contribution in [2.75, 3.05) is 25.2 Å². The van der Waals surface area contributed by atoms with E-state index in [1.54, 1.807) is 18.9 Å². The van der Waals surface area contributed by atoms with E-state index in [9.17, 15) is 0 Å². The molecular formula is C9H13NOS. The molecule has 3 heteroatoms. The first-order valence-corrected chi connectivity index (χ1v) is 4.79. The molecule has 0 fully saturated rings. The molecular weight excluding hydrogens is 170 g/mol. The van der Waals surface area contributed by atoms with Gasteiger partial charge in [-0.2, -0.15) is 0 Å². The maximum Gasteiger partial charge on any atom is 0.0556 e. The Morgan fingerprint density at radius 3 is 3.00 bits per heavy atom. The van der Waals surface area contributed by atoms with Gasteiger partial charge in [0.25, 0.3) is 0 Å². The second-order valence-corrected chi connectivity index (χ2v) is 3.58. The highest BCUT2D eigenvalue weighted by atomic mass is 32.2. The summed E-state index contributed by atoms with van der Waals surface area (Å²) in [5.41, 5.74) is 6.44. The van der Waals surface area contributed by atoms with Crippen LogP contribution in [0.1, 0.15) is 0 Å². The van der Waals surface area contributed by atoms with Gasteiger partial charge in [-0.25, -0.2) is 0 Å². The summed E-state index contributed by atoms with van der Waals surface area (Å²) in [6.45, 7) is 0.777. The topological polar surface area (TPSA) is 35.2 Å². The Morgan fingerprint density at radius 2 is 2.33 bits per heavy atom. The fourth-order valence-electron chi connectivity index (χ4n) is 0.847. The monoisotopic (exact) mass is 183 g/mol. The van der Waals surface area contributed by atoms with Gasteiger partial charge in [-0.1, -0.05) is 6.07 Å². The molecule has 0 atom stereocenters. The summed E-state index contributed by atoms with van der Waals surface area (Å²) >= 11 is 1.75. The van der Waals surface area contributed by atoms with Crippen molar-refractivity contribution in [1.29, 1.82) is 0 Å². The molecule has 0 aromatic heterocycles. The minimum absolute atomic E-state index is 0.777. The molecule has 0 amide bonds. The van der Waals surface area contributed by atoms with E-state index in [0.29, 0.717) is 0 Å². The number of rotatable bonds is 4. The molecule has 1 aromatic carbocycles. The zero-order valence-corrected chi connectivity index (χ0v) is 7.93. The average molecular weight is 183 g/mol. The van der Waals surface area contributed by atoms with E-state index in [-0.39, 0.29) is 0 Å². The van der Waals surface area contributed by atoms with Gasteiger partial charge in [-0.3, -0.25) is 0 Å². The SMILES string of the molecule is COCCSc1cccc(N)c1. The second-order valence-electron chi connectivity index (χ2n) is 2.41. The Labute approximate surface area is 77.1 Å². The highest BCUT2D eigenvalue weighted by molar-refractivity contribution is 7.99. The smallest absolute Gasteiger partial charge is 0.0556 e. The first-order valence-electron chi connectivity index (χ1n) is 3.80. The molecule has 0 aliphatic rings. The van der Waals surface area contributed by atoms with Crippen LogP contribution in [0.3, 0.4) is 0 Å². The molecule has 0 aliphatic heterocycles. The third-order valence-electron chi connectivity index (χ3n) is 1.41. The minimum atomic E-state index is 0.777. The maximum atomic E-state index is 5.62. The standard InChI is InChI=1S/C9H13NOS/c1-11-5-6-12-9-4-2-3-8(10)7-9/h2-4,7H,5-6,10H2,1H3. The van der Waals surface area contributed by atoms with Crippen LogP contribution in [0.5, 0.6) is 0 Å². The Bertz CT molecular complexity index is 240. The van der Waals surface area contributed by atoms with Crippen molar-refractivity contribution >= 4 is 17.4 Å². The third-order valence-corrected chi connectivity index (χ3v) is 2.37. The van der Waals surface area contributed by atoms with E-state index in [1.807, 2.05) is 18.2 Å². The number of benzene rings is 1. The predicted molar refractivity (Wildman–Crippen MR) is 53.5 cm³/mol. The molecule has 0 saturated heterocycles. The van der Waals surface area contributed by atoms with Gasteiger partial charge < -0.3 is 10.5 Å². The maximum absolute atomic E-state index is 5.62. The van der Waals surface area contributed by atoms with Crippen molar-refractivity contribution < 1.29 is 4.74 Å². The number of nitrogens with two attached hydrogens (primary N) is 1. The van der Waals surface area contributed by atoms with E-state index in [1.165, 1.54) is 4.90 Å². The quantitative estimate of drug-likeness (QED) is 0.440. The first kappa shape index (κ1) is 9.42. The van der Waals surface area contributed by atoms with Crippen LogP contribution in [0.4, 0.5) is 5.69 Å². The minimum Gasteiger partial charge on any atom is -0.399 e. The van der Waals surface area contributed by atoms with Crippen LogP contribution in [0.15, 0.2) is 29.2 Å². The summed E-state index contributed by atoms with van der Waals surface area (Å²) in [7, 11) is 1.71. The fourth-order valence-corrected chi connectivity index (χ4v) is 1.73. The van der Waals surface area contributed by atoms with Crippen molar-refractivity contribution in [3.05, 3.63) is 24.3 Å². The number of hydrogen-bond acceptors (Lipinski definition) is 3. The highest BCUT2D eigenvalue weighted by Crippen LogP contribution is 2.19. The number of nitrogen functional groups attached to an aromatic ring is 1. The largest absolute Gasteiger partial charge is 0.399 e. The summed E-state index contributed by atoms with van der Waals surface area (Å²) in [6.07, 6.45) is 0. The summed E-state index contributed by atoms with van der Waals surface area (Å²) < 4.78 is 4.94. The van der Waals surface area contributed by atoms with Crippen LogP contribution in [0.25, 0.3) is 0 Å². The van der Waals surface area contributed by atoms with Crippen molar-refractivity contribution in [3.8, 4) is 0 Å². The number of ether oxygens (including phenoxy) is 1. The Hall–Kier alpha value is -0.670. The van der Waals surface area contributed by atoms with Gasteiger partial charge >= 0.3 is 0 Å². The van der Waals surface area contributed by atoms with Crippen molar-refractivity contribution in [1.82, 2.24) is 0 Å². The van der Waals surface area contributed by atoms with E-state index < -0.39 is 0 Å². The molecule has 12 heavy (non-hydrogen) atoms. The number of hydrogen-bond donors (Lipinski definition) is 1. The third kappa shape index (κ3) is 3.15. The summed E-state index contributed by atoms with van der Waals surface area (Å²) in [5.74, 6) is 0.972. The number of methoxy groups -OCH3 is 1. The molecule has 0 spiro atoms. The normalized spacial score (nSPS) is 10.1. The van der Waals surface area contributed by atoms with Gasteiger partial charge in [-0.15, -0.1) is 11.8 Å². The highest BCUT2D eigenvalue weighted by Gasteiger charge is 1.93. The lowest BCUT2D eigenvalue weighted by Gasteiger charge is -2.01. The van der Waals surface area contributed by atoms with Gasteiger partial charge in [0.05, 0.1) is 6.61 Å². The summed E-state index contributed by atoms with van der Waals surface area (Å²) in [6, 6.07) is 7.88. The summed E-state index contributed by atoms with van der Waals surface area (Å²) in [5, 5.41) is 0. The molecule has 0 bridgehead atoms. The van der Waals surface area contributed by atoms with Gasteiger partial charge in [-0.05, 0) is 18.2 Å². The lowest BCUT2D eigenvalue weighted by molar-refractivity contribution is 0.218. The van der Waals surface area contributed by atoms with Crippen LogP contribution in [0, 0.1) is 0 Å². The van der Waals surface area contributed by atoms with Crippen LogP contribution in [-0.4, -0.2) is 19.5 Å². The van der Waals surface area contributed by atoms with E-state index in [0.717, 1.165) is 18.0 Å². The van der Waals surface area contributed by atoms with Crippen molar-refractivity contribution in [2.24, 2.45) is 0 Å². The fraction of sp³-hybridized carbons (Fsp3) is 0.333. The van der Waals surface area contributed by atoms with Gasteiger partial charge in [0.1, 0.15) is 0 Å². The lowest BCUT2D eigenvalue weighted by atomic mass is 10.3. The van der Waals surface area contributed by atoms with E-state index in [2.05, 4.69) is 6.07 Å². The molecule has 0 aliphatic carbocycles. The van der Waals surface area contributed by atoms with Gasteiger partial charge in [0.2, 0.25) is 0 Å². The Balaban J connectivity index is 2.41. The van der Waals surface area contributed by atoms with Gasteiger partial charge in [0.15, 0.2) is 0 Å². The van der Waals surface area contributed by atoms with Crippen molar-refractivity contribution in [3.63, 3.8) is 0 Å². The molecule has 0 unspecified atom stereocenters. The van der Waals surface area contributed by atoms with Crippen LogP contribution in [0.2, 0.25) is 0 Å². The van der Waals surface area contributed by atoms with E-state index in [4.69, 9.17) is 10.5 Å². The average Bonchev–Trinajstić information content (AvgIpc) is 2.05. The number of anilines is 1. The van der Waals surface area contributed by atoms with Crippen LogP contribution in [-0.2, 0) is 4.74 Å². The zero-order chi connectivity index (χ0) is 8.81. The Kier molecular flexibility index (Phi) is 3.97. The predicted octanol–water partition coefficient (Wildman–Crippen LogP) is 2.01. The summed E-state index contributed by atoms with van der Waals surface area (Å²) in [4.78, 5) is 1.20. The molecule has 1 aromatic rings. The molecule has 2 N–H and O–H groups in total. The lowest BCUT2D eigenvalue weighted by Crippen LogP contribution is -1.91. The molecule has 2 nitrogen and oxygen atoms in total. The molecule has 0 heterocycles. The molecule has 66 valence electrons. The molecule has 1 rings (SSSR count). The van der Waals surface area contributed by atoms with Crippen LogP contribution >= 0.6 is 11.8 Å². The Morgan fingerprint density at radius 1 is 1.50 bits per heavy atom. The molecule has 0 radical (unpaired) electrons.